The van der Waals surface area contributed by atoms with Gasteiger partial charge in [-0.1, -0.05) is 25.6 Å². The number of aromatic hydroxyl groups is 1. The van der Waals surface area contributed by atoms with E-state index in [2.05, 4.69) is 28.9 Å². The van der Waals surface area contributed by atoms with Crippen molar-refractivity contribution in [2.24, 2.45) is 0 Å². The van der Waals surface area contributed by atoms with Crippen LogP contribution in [0, 0.1) is 6.92 Å². The van der Waals surface area contributed by atoms with Crippen LogP contribution in [-0.2, 0) is 5.88 Å². The first-order chi connectivity index (χ1) is 8.56. The molecule has 0 bridgehead atoms. The Labute approximate surface area is 110 Å². The quantitative estimate of drug-likeness (QED) is 0.679. The van der Waals surface area contributed by atoms with Crippen LogP contribution in [0.3, 0.4) is 0 Å². The molecule has 2 aromatic rings. The van der Waals surface area contributed by atoms with Crippen molar-refractivity contribution in [3.63, 3.8) is 0 Å². The van der Waals surface area contributed by atoms with E-state index >= 15 is 0 Å². The number of thioether (sulfide) groups is 1. The fourth-order valence-electron chi connectivity index (χ4n) is 1.65. The van der Waals surface area contributed by atoms with Gasteiger partial charge in [-0.05, 0) is 18.9 Å². The Kier molecular flexibility index (Phi) is 3.86. The van der Waals surface area contributed by atoms with E-state index < -0.39 is 0 Å². The van der Waals surface area contributed by atoms with Gasteiger partial charge in [-0.25, -0.2) is 4.98 Å². The molecular formula is C12H16N4OS. The second-order valence-electron chi connectivity index (χ2n) is 4.33. The maximum absolute atomic E-state index is 9.41. The van der Waals surface area contributed by atoms with Crippen LogP contribution in [-0.4, -0.2) is 24.9 Å². The standard InChI is InChI=1S/C12H16N4OS/c1-8(2)10-4-5-13-16(10)7-18-12-14-9(3)6-11(17)15-12/h4-6,8H,7H2,1-3H3,(H,14,15,17). The Hall–Kier alpha value is -1.56. The van der Waals surface area contributed by atoms with Crippen LogP contribution in [0.2, 0.25) is 0 Å². The first-order valence-corrected chi connectivity index (χ1v) is 6.74. The maximum atomic E-state index is 9.41. The fourth-order valence-corrected chi connectivity index (χ4v) is 2.47. The van der Waals surface area contributed by atoms with Crippen molar-refractivity contribution in [3.05, 3.63) is 29.7 Å². The highest BCUT2D eigenvalue weighted by Crippen LogP contribution is 2.21. The van der Waals surface area contributed by atoms with E-state index in [4.69, 9.17) is 0 Å². The van der Waals surface area contributed by atoms with Crippen molar-refractivity contribution < 1.29 is 5.11 Å². The molecule has 0 aliphatic heterocycles. The average Bonchev–Trinajstić information content (AvgIpc) is 2.73. The Bertz CT molecular complexity index is 518. The van der Waals surface area contributed by atoms with Gasteiger partial charge in [0.05, 0.1) is 5.88 Å². The Morgan fingerprint density at radius 3 is 2.83 bits per heavy atom. The van der Waals surface area contributed by atoms with E-state index in [9.17, 15) is 5.11 Å². The zero-order valence-corrected chi connectivity index (χ0v) is 11.5. The van der Waals surface area contributed by atoms with Crippen molar-refractivity contribution in [3.8, 4) is 5.88 Å². The molecule has 2 heterocycles. The molecule has 0 aromatic carbocycles. The highest BCUT2D eigenvalue weighted by molar-refractivity contribution is 7.98. The number of hydrogen-bond donors (Lipinski definition) is 1. The second kappa shape index (κ2) is 5.39. The lowest BCUT2D eigenvalue weighted by atomic mass is 10.1. The lowest BCUT2D eigenvalue weighted by molar-refractivity contribution is 0.444. The van der Waals surface area contributed by atoms with Gasteiger partial charge >= 0.3 is 0 Å². The number of hydrogen-bond acceptors (Lipinski definition) is 5. The Balaban J connectivity index is 2.09. The molecule has 2 rings (SSSR count). The maximum Gasteiger partial charge on any atom is 0.215 e. The summed E-state index contributed by atoms with van der Waals surface area (Å²) in [4.78, 5) is 8.23. The predicted molar refractivity (Wildman–Crippen MR) is 70.6 cm³/mol. The number of nitrogens with zero attached hydrogens (tertiary/aromatic N) is 4. The molecule has 0 aliphatic rings. The van der Waals surface area contributed by atoms with E-state index in [1.54, 1.807) is 6.20 Å². The fraction of sp³-hybridized carbons (Fsp3) is 0.417. The Morgan fingerprint density at radius 2 is 2.17 bits per heavy atom. The molecule has 0 spiro atoms. The summed E-state index contributed by atoms with van der Waals surface area (Å²) in [6, 6.07) is 3.55. The van der Waals surface area contributed by atoms with Gasteiger partial charge in [0.15, 0.2) is 5.16 Å². The number of aryl methyl sites for hydroxylation is 1. The minimum atomic E-state index is 0.00884. The summed E-state index contributed by atoms with van der Waals surface area (Å²) in [5.74, 6) is 1.08. The molecular weight excluding hydrogens is 248 g/mol. The topological polar surface area (TPSA) is 63.8 Å². The van der Waals surface area contributed by atoms with E-state index in [1.165, 1.54) is 23.5 Å². The van der Waals surface area contributed by atoms with Gasteiger partial charge in [0, 0.05) is 23.7 Å². The molecule has 18 heavy (non-hydrogen) atoms. The minimum absolute atomic E-state index is 0.00884. The van der Waals surface area contributed by atoms with Crippen LogP contribution in [0.1, 0.15) is 31.2 Å². The molecule has 6 heteroatoms. The lowest BCUT2D eigenvalue weighted by Crippen LogP contribution is -2.04. The minimum Gasteiger partial charge on any atom is -0.493 e. The number of rotatable bonds is 4. The smallest absolute Gasteiger partial charge is 0.215 e. The van der Waals surface area contributed by atoms with Gasteiger partial charge < -0.3 is 5.11 Å². The van der Waals surface area contributed by atoms with Gasteiger partial charge in [0.25, 0.3) is 0 Å². The molecule has 0 saturated heterocycles. The van der Waals surface area contributed by atoms with Crippen molar-refractivity contribution in [1.29, 1.82) is 0 Å². The third kappa shape index (κ3) is 3.01. The van der Waals surface area contributed by atoms with Crippen molar-refractivity contribution >= 4 is 11.8 Å². The Morgan fingerprint density at radius 1 is 1.39 bits per heavy atom. The van der Waals surface area contributed by atoms with Crippen LogP contribution < -0.4 is 0 Å². The van der Waals surface area contributed by atoms with Crippen molar-refractivity contribution in [2.75, 3.05) is 0 Å². The number of aromatic nitrogens is 4. The highest BCUT2D eigenvalue weighted by atomic mass is 32.2. The predicted octanol–water partition coefficient (Wildman–Crippen LogP) is 2.56. The molecule has 96 valence electrons. The second-order valence-corrected chi connectivity index (χ2v) is 5.25. The van der Waals surface area contributed by atoms with E-state index in [0.717, 1.165) is 5.69 Å². The zero-order valence-electron chi connectivity index (χ0n) is 10.7. The molecule has 0 fully saturated rings. The van der Waals surface area contributed by atoms with Crippen LogP contribution in [0.25, 0.3) is 0 Å². The molecule has 0 amide bonds. The molecule has 0 saturated carbocycles. The summed E-state index contributed by atoms with van der Waals surface area (Å²) in [5, 5.41) is 14.2. The first-order valence-electron chi connectivity index (χ1n) is 5.75. The van der Waals surface area contributed by atoms with E-state index in [0.29, 0.717) is 17.0 Å². The van der Waals surface area contributed by atoms with Crippen LogP contribution in [0.5, 0.6) is 5.88 Å². The van der Waals surface area contributed by atoms with Gasteiger partial charge in [-0.15, -0.1) is 0 Å². The molecule has 0 radical (unpaired) electrons. The van der Waals surface area contributed by atoms with Gasteiger partial charge in [-0.3, -0.25) is 4.68 Å². The summed E-state index contributed by atoms with van der Waals surface area (Å²) < 4.78 is 1.93. The van der Waals surface area contributed by atoms with Gasteiger partial charge in [-0.2, -0.15) is 10.1 Å². The average molecular weight is 264 g/mol. The first kappa shape index (κ1) is 12.9. The van der Waals surface area contributed by atoms with E-state index in [-0.39, 0.29) is 5.88 Å². The van der Waals surface area contributed by atoms with Crippen molar-refractivity contribution in [1.82, 2.24) is 19.7 Å². The van der Waals surface area contributed by atoms with Crippen LogP contribution in [0.4, 0.5) is 0 Å². The summed E-state index contributed by atoms with van der Waals surface area (Å²) >= 11 is 1.46. The monoisotopic (exact) mass is 264 g/mol. The summed E-state index contributed by atoms with van der Waals surface area (Å²) in [5.41, 5.74) is 1.94. The van der Waals surface area contributed by atoms with E-state index in [1.807, 2.05) is 17.7 Å². The SMILES string of the molecule is Cc1cc(O)nc(SCn2nccc2C(C)C)n1. The van der Waals surface area contributed by atoms with Gasteiger partial charge in [0.2, 0.25) is 5.88 Å². The molecule has 1 N–H and O–H groups in total. The third-order valence-electron chi connectivity index (χ3n) is 2.48. The summed E-state index contributed by atoms with van der Waals surface area (Å²) in [6.07, 6.45) is 1.80. The highest BCUT2D eigenvalue weighted by Gasteiger charge is 2.08. The van der Waals surface area contributed by atoms with Crippen molar-refractivity contribution in [2.45, 2.75) is 37.7 Å². The van der Waals surface area contributed by atoms with Crippen LogP contribution >= 0.6 is 11.8 Å². The molecule has 0 atom stereocenters. The molecule has 2 aromatic heterocycles. The van der Waals surface area contributed by atoms with Gasteiger partial charge in [0.1, 0.15) is 0 Å². The summed E-state index contributed by atoms with van der Waals surface area (Å²) in [6.45, 7) is 6.10. The normalized spacial score (nSPS) is 11.1. The lowest BCUT2D eigenvalue weighted by Gasteiger charge is -2.09. The third-order valence-corrected chi connectivity index (χ3v) is 3.29. The summed E-state index contributed by atoms with van der Waals surface area (Å²) in [7, 11) is 0. The molecule has 5 nitrogen and oxygen atoms in total. The molecule has 0 unspecified atom stereocenters. The zero-order chi connectivity index (χ0) is 13.1. The molecule has 0 aliphatic carbocycles. The van der Waals surface area contributed by atoms with Crippen LogP contribution in [0.15, 0.2) is 23.5 Å². The largest absolute Gasteiger partial charge is 0.493 e.